The third kappa shape index (κ3) is 6.85. The molecule has 0 radical (unpaired) electrons. The van der Waals surface area contributed by atoms with Gasteiger partial charge in [-0.05, 0) is 140 Å². The van der Waals surface area contributed by atoms with Gasteiger partial charge in [-0.15, -0.1) is 5.73 Å². The van der Waals surface area contributed by atoms with Crippen molar-refractivity contribution < 1.29 is 0 Å². The van der Waals surface area contributed by atoms with E-state index in [1.54, 1.807) is 0 Å². The van der Waals surface area contributed by atoms with E-state index in [-0.39, 0.29) is 11.3 Å². The monoisotopic (exact) mass is 808 g/mol. The highest BCUT2D eigenvalue weighted by molar-refractivity contribution is 6.17. The lowest BCUT2D eigenvalue weighted by atomic mass is 9.76. The predicted molar refractivity (Wildman–Crippen MR) is 267 cm³/mol. The van der Waals surface area contributed by atoms with E-state index in [9.17, 15) is 0 Å². The van der Waals surface area contributed by atoms with Gasteiger partial charge in [0.2, 0.25) is 0 Å². The molecule has 302 valence electrons. The summed E-state index contributed by atoms with van der Waals surface area (Å²) in [6.45, 7) is 6.48. The topological polar surface area (TPSA) is 24.7 Å². The maximum absolute atomic E-state index is 5.27. The number of amidine groups is 1. The Hall–Kier alpha value is -7.38. The van der Waals surface area contributed by atoms with Crippen LogP contribution in [0.3, 0.4) is 0 Å². The number of rotatable bonds is 7. The Morgan fingerprint density at radius 3 is 2.06 bits per heavy atom. The smallest absolute Gasteiger partial charge is 0.160 e. The molecular weight excluding hydrogens is 761 g/mol. The Balaban J connectivity index is 1.14. The first-order valence-electron chi connectivity index (χ1n) is 22.4. The highest BCUT2D eigenvalue weighted by atomic mass is 14.9. The van der Waals surface area contributed by atoms with E-state index in [4.69, 9.17) is 9.98 Å². The molecule has 0 N–H and O–H groups in total. The summed E-state index contributed by atoms with van der Waals surface area (Å²) in [6.07, 6.45) is 21.5. The molecule has 4 aliphatic rings. The van der Waals surface area contributed by atoms with E-state index in [0.717, 1.165) is 40.0 Å². The van der Waals surface area contributed by atoms with Gasteiger partial charge in [-0.2, -0.15) is 0 Å². The zero-order chi connectivity index (χ0) is 42.3. The van der Waals surface area contributed by atoms with Crippen LogP contribution in [-0.2, 0) is 5.41 Å². The fraction of sp³-hybridized carbons (Fsp3) is 0.131. The van der Waals surface area contributed by atoms with Crippen LogP contribution in [0.15, 0.2) is 210 Å². The van der Waals surface area contributed by atoms with Crippen molar-refractivity contribution in [2.45, 2.75) is 50.4 Å². The summed E-state index contributed by atoms with van der Waals surface area (Å²) in [7, 11) is 0. The van der Waals surface area contributed by atoms with Gasteiger partial charge in [-0.25, -0.2) is 9.98 Å². The van der Waals surface area contributed by atoms with Gasteiger partial charge in [0, 0.05) is 22.6 Å². The highest BCUT2D eigenvalue weighted by Gasteiger charge is 2.44. The van der Waals surface area contributed by atoms with Crippen molar-refractivity contribution in [1.82, 2.24) is 0 Å². The molecule has 0 aliphatic heterocycles. The van der Waals surface area contributed by atoms with E-state index >= 15 is 0 Å². The largest absolute Gasteiger partial charge is 0.233 e. The fourth-order valence-corrected chi connectivity index (χ4v) is 10.7. The van der Waals surface area contributed by atoms with Crippen LogP contribution in [-0.4, -0.2) is 11.5 Å². The number of allylic oxidation sites excluding steroid dienone is 4. The standard InChI is InChI=1S/C61H48N2/c1-41(43-20-7-3-8-21-43)62-60(63-42(2)44-22-9-4-10-23-44)49-28-19-30-52-55(39-49)59(46-26-13-6-14-27-46)53-35-33-47(38-54(53)58(52)45-24-11-5-12-25-45)48-32-34-51-50-29-15-16-31-56(50)61(57(51)40-48)36-17-18-37-61/h3-16,20-24,26-35,38-40,45H,1,17-18,25,36-37H2,2H3. The maximum Gasteiger partial charge on any atom is 0.160 e. The van der Waals surface area contributed by atoms with Crippen LogP contribution in [0, 0.1) is 0 Å². The molecule has 2 heteroatoms. The van der Waals surface area contributed by atoms with Crippen molar-refractivity contribution in [1.29, 1.82) is 0 Å². The quantitative estimate of drug-likeness (QED) is 0.0871. The molecule has 1 fully saturated rings. The summed E-state index contributed by atoms with van der Waals surface area (Å²) in [5.41, 5.74) is 22.5. The Morgan fingerprint density at radius 2 is 1.30 bits per heavy atom. The van der Waals surface area contributed by atoms with Crippen molar-refractivity contribution in [3.63, 3.8) is 0 Å². The number of hydrogen-bond acceptors (Lipinski definition) is 1. The molecule has 11 rings (SSSR count). The van der Waals surface area contributed by atoms with Gasteiger partial charge in [-0.3, -0.25) is 0 Å². The van der Waals surface area contributed by atoms with E-state index in [1.807, 2.05) is 54.6 Å². The normalized spacial score (nSPS) is 17.1. The molecule has 1 atom stereocenters. The molecule has 2 nitrogen and oxygen atoms in total. The summed E-state index contributed by atoms with van der Waals surface area (Å²) in [4.78, 5) is 10.5. The lowest BCUT2D eigenvalue weighted by Crippen LogP contribution is -2.20. The van der Waals surface area contributed by atoms with Gasteiger partial charge >= 0.3 is 0 Å². The van der Waals surface area contributed by atoms with Gasteiger partial charge in [0.1, 0.15) is 0 Å². The van der Waals surface area contributed by atoms with Gasteiger partial charge in [-0.1, -0.05) is 183 Å². The fourth-order valence-electron chi connectivity index (χ4n) is 10.7. The number of aliphatic imine (C=N–C) groups is 2. The molecule has 0 amide bonds. The second kappa shape index (κ2) is 16.1. The molecular formula is C61H48N2. The molecule has 0 heterocycles. The van der Waals surface area contributed by atoms with Crippen LogP contribution >= 0.6 is 0 Å². The average Bonchev–Trinajstić information content (AvgIpc) is 3.87. The molecule has 0 bridgehead atoms. The minimum Gasteiger partial charge on any atom is -0.233 e. The summed E-state index contributed by atoms with van der Waals surface area (Å²) in [5, 5.41) is 2.50. The molecule has 7 aromatic carbocycles. The van der Waals surface area contributed by atoms with E-state index in [0.29, 0.717) is 11.5 Å². The van der Waals surface area contributed by atoms with Crippen molar-refractivity contribution in [3.8, 4) is 33.4 Å². The molecule has 1 unspecified atom stereocenters. The van der Waals surface area contributed by atoms with Crippen LogP contribution in [0.1, 0.15) is 83.9 Å². The number of fused-ring (bicyclic) bond motifs is 7. The third-order valence-electron chi connectivity index (χ3n) is 13.7. The summed E-state index contributed by atoms with van der Waals surface area (Å²) in [6, 6.07) is 55.0. The summed E-state index contributed by atoms with van der Waals surface area (Å²) in [5.74, 6) is 0.772. The van der Waals surface area contributed by atoms with E-state index in [1.165, 1.54) is 86.5 Å². The zero-order valence-corrected chi connectivity index (χ0v) is 35.7. The molecule has 0 aromatic heterocycles. The molecule has 1 spiro atoms. The van der Waals surface area contributed by atoms with Crippen LogP contribution in [0.5, 0.6) is 0 Å². The van der Waals surface area contributed by atoms with Gasteiger partial charge in [0.25, 0.3) is 0 Å². The van der Waals surface area contributed by atoms with Crippen LogP contribution in [0.2, 0.25) is 0 Å². The molecule has 1 saturated carbocycles. The minimum absolute atomic E-state index is 0.113. The van der Waals surface area contributed by atoms with Crippen LogP contribution in [0.4, 0.5) is 0 Å². The highest BCUT2D eigenvalue weighted by Crippen LogP contribution is 2.57. The minimum atomic E-state index is 0.113. The molecule has 4 aliphatic carbocycles. The number of nitrogens with zero attached hydrogens (tertiary/aromatic N) is 2. The Kier molecular flexibility index (Phi) is 9.88. The van der Waals surface area contributed by atoms with E-state index < -0.39 is 0 Å². The van der Waals surface area contributed by atoms with E-state index in [2.05, 4.69) is 159 Å². The molecule has 63 heavy (non-hydrogen) atoms. The molecule has 0 saturated heterocycles. The van der Waals surface area contributed by atoms with Crippen LogP contribution in [0.25, 0.3) is 62.0 Å². The second-order valence-electron chi connectivity index (χ2n) is 17.4. The Bertz CT molecular complexity index is 3180. The zero-order valence-electron chi connectivity index (χ0n) is 35.7. The van der Waals surface area contributed by atoms with Crippen molar-refractivity contribution in [3.05, 3.63) is 239 Å². The Labute approximate surface area is 371 Å². The summed E-state index contributed by atoms with van der Waals surface area (Å²) >= 11 is 0. The first-order valence-corrected chi connectivity index (χ1v) is 22.4. The second-order valence-corrected chi connectivity index (χ2v) is 17.4. The first kappa shape index (κ1) is 38.5. The predicted octanol–water partition coefficient (Wildman–Crippen LogP) is 15.8. The van der Waals surface area contributed by atoms with Crippen molar-refractivity contribution in [2.75, 3.05) is 0 Å². The van der Waals surface area contributed by atoms with Crippen LogP contribution < -0.4 is 0 Å². The first-order chi connectivity index (χ1) is 31.1. The lowest BCUT2D eigenvalue weighted by molar-refractivity contribution is 0.550. The Morgan fingerprint density at radius 1 is 0.619 bits per heavy atom. The van der Waals surface area contributed by atoms with Gasteiger partial charge < -0.3 is 0 Å². The summed E-state index contributed by atoms with van der Waals surface area (Å²) < 4.78 is 0. The number of hydrogen-bond donors (Lipinski definition) is 0. The van der Waals surface area contributed by atoms with Gasteiger partial charge in [0.05, 0.1) is 5.70 Å². The van der Waals surface area contributed by atoms with Gasteiger partial charge in [0.15, 0.2) is 5.84 Å². The SMILES string of the molecule is C=C(N=C(N=C(C)c1ccccc1)C1=Cc2c(c(C3C=CC=CC3)c3cc(-c4ccc5c(c4)C4(CCCC4)c4ccccc4-5)ccc3c2-c2ccccc2)C=C=C1)c1ccccc1. The van der Waals surface area contributed by atoms with Crippen molar-refractivity contribution in [2.24, 2.45) is 9.98 Å². The van der Waals surface area contributed by atoms with Crippen molar-refractivity contribution >= 4 is 40.2 Å². The third-order valence-corrected chi connectivity index (χ3v) is 13.7. The molecule has 7 aromatic rings. The lowest BCUT2D eigenvalue weighted by Gasteiger charge is -2.27. The average molecular weight is 809 g/mol. The number of benzene rings is 7. The maximum atomic E-state index is 5.27.